The van der Waals surface area contributed by atoms with Gasteiger partial charge in [-0.05, 0) is 12.0 Å². The Morgan fingerprint density at radius 1 is 1.50 bits per heavy atom. The van der Waals surface area contributed by atoms with Gasteiger partial charge < -0.3 is 10.5 Å². The molecule has 2 N–H and O–H groups in total. The van der Waals surface area contributed by atoms with E-state index < -0.39 is 0 Å². The van der Waals surface area contributed by atoms with Gasteiger partial charge >= 0.3 is 0 Å². The van der Waals surface area contributed by atoms with Gasteiger partial charge in [0.2, 0.25) is 0 Å². The lowest BCUT2D eigenvalue weighted by atomic mass is 10.1. The number of rotatable bonds is 4. The maximum Gasteiger partial charge on any atom is 0.104 e. The van der Waals surface area contributed by atoms with E-state index in [1.165, 1.54) is 5.56 Å². The average molecular weight is 264 g/mol. The number of ether oxygens (including phenoxy) is 1. The molecular formula is C14H20N2OS. The van der Waals surface area contributed by atoms with Crippen LogP contribution in [0.15, 0.2) is 24.3 Å². The number of nitrogens with two attached hydrogens (primary N) is 1. The van der Waals surface area contributed by atoms with Crippen LogP contribution in [0.5, 0.6) is 0 Å². The summed E-state index contributed by atoms with van der Waals surface area (Å²) in [7, 11) is 0. The third-order valence-electron chi connectivity index (χ3n) is 3.48. The molecule has 1 fully saturated rings. The Labute approximate surface area is 114 Å². The van der Waals surface area contributed by atoms with Gasteiger partial charge in [0.05, 0.1) is 13.2 Å². The van der Waals surface area contributed by atoms with Crippen LogP contribution in [-0.2, 0) is 11.3 Å². The Kier molecular flexibility index (Phi) is 4.69. The number of benzene rings is 1. The van der Waals surface area contributed by atoms with Crippen molar-refractivity contribution < 1.29 is 4.74 Å². The third kappa shape index (κ3) is 3.07. The molecule has 18 heavy (non-hydrogen) atoms. The van der Waals surface area contributed by atoms with Crippen molar-refractivity contribution in [1.29, 1.82) is 0 Å². The fourth-order valence-electron chi connectivity index (χ4n) is 2.39. The topological polar surface area (TPSA) is 38.5 Å². The van der Waals surface area contributed by atoms with Crippen molar-refractivity contribution in [2.75, 3.05) is 19.8 Å². The van der Waals surface area contributed by atoms with Crippen LogP contribution in [0.3, 0.4) is 0 Å². The molecule has 1 aromatic rings. The van der Waals surface area contributed by atoms with Gasteiger partial charge in [0.25, 0.3) is 0 Å². The van der Waals surface area contributed by atoms with Crippen molar-refractivity contribution in [3.05, 3.63) is 35.4 Å². The normalized spacial score (nSPS) is 20.8. The second-order valence-electron chi connectivity index (χ2n) is 4.63. The Balaban J connectivity index is 2.15. The first kappa shape index (κ1) is 13.5. The number of nitrogens with zero attached hydrogens (tertiary/aromatic N) is 1. The zero-order valence-electron chi connectivity index (χ0n) is 10.8. The van der Waals surface area contributed by atoms with Crippen molar-refractivity contribution in [1.82, 2.24) is 4.90 Å². The molecule has 98 valence electrons. The van der Waals surface area contributed by atoms with Crippen LogP contribution < -0.4 is 5.73 Å². The molecule has 1 heterocycles. The third-order valence-corrected chi connectivity index (χ3v) is 3.70. The summed E-state index contributed by atoms with van der Waals surface area (Å²) in [6.45, 7) is 5.71. The number of morpholine rings is 1. The summed E-state index contributed by atoms with van der Waals surface area (Å²) in [6.07, 6.45) is 1.11. The molecular weight excluding hydrogens is 244 g/mol. The zero-order chi connectivity index (χ0) is 13.0. The van der Waals surface area contributed by atoms with Crippen LogP contribution in [0.1, 0.15) is 24.5 Å². The van der Waals surface area contributed by atoms with E-state index in [4.69, 9.17) is 22.7 Å². The fourth-order valence-corrected chi connectivity index (χ4v) is 2.59. The fraction of sp³-hybridized carbons (Fsp3) is 0.500. The highest BCUT2D eigenvalue weighted by Crippen LogP contribution is 2.17. The van der Waals surface area contributed by atoms with E-state index in [-0.39, 0.29) is 0 Å². The molecule has 4 heteroatoms. The van der Waals surface area contributed by atoms with Crippen molar-refractivity contribution in [2.45, 2.75) is 25.9 Å². The molecule has 1 saturated heterocycles. The van der Waals surface area contributed by atoms with E-state index >= 15 is 0 Å². The molecule has 1 aliphatic rings. The Bertz CT molecular complexity index is 422. The minimum atomic E-state index is 0.479. The molecule has 0 saturated carbocycles. The van der Waals surface area contributed by atoms with E-state index in [1.54, 1.807) is 0 Å². The molecule has 0 bridgehead atoms. The van der Waals surface area contributed by atoms with Crippen LogP contribution in [-0.4, -0.2) is 35.7 Å². The number of thiocarbonyl (C=S) groups is 1. The van der Waals surface area contributed by atoms with Crippen LogP contribution in [0.25, 0.3) is 0 Å². The largest absolute Gasteiger partial charge is 0.389 e. The first-order chi connectivity index (χ1) is 8.72. The lowest BCUT2D eigenvalue weighted by Gasteiger charge is -2.35. The minimum Gasteiger partial charge on any atom is -0.389 e. The van der Waals surface area contributed by atoms with Gasteiger partial charge in [0, 0.05) is 24.7 Å². The van der Waals surface area contributed by atoms with Gasteiger partial charge in [-0.2, -0.15) is 0 Å². The summed E-state index contributed by atoms with van der Waals surface area (Å²) in [6, 6.07) is 8.63. The predicted molar refractivity (Wildman–Crippen MR) is 77.6 cm³/mol. The van der Waals surface area contributed by atoms with E-state index in [2.05, 4.69) is 17.9 Å². The molecule has 0 aliphatic carbocycles. The van der Waals surface area contributed by atoms with Crippen molar-refractivity contribution in [2.24, 2.45) is 5.73 Å². The summed E-state index contributed by atoms with van der Waals surface area (Å²) in [4.78, 5) is 2.94. The highest BCUT2D eigenvalue weighted by molar-refractivity contribution is 7.80. The van der Waals surface area contributed by atoms with E-state index in [9.17, 15) is 0 Å². The standard InChI is InChI=1S/C14H20N2OS/c1-2-12-10-17-8-7-16(12)9-11-5-3-4-6-13(11)14(15)18/h3-6,12H,2,7-10H2,1H3,(H2,15,18). The lowest BCUT2D eigenvalue weighted by Crippen LogP contribution is -2.44. The van der Waals surface area contributed by atoms with Crippen LogP contribution in [0.2, 0.25) is 0 Å². The smallest absolute Gasteiger partial charge is 0.104 e. The maximum absolute atomic E-state index is 5.78. The summed E-state index contributed by atoms with van der Waals surface area (Å²) in [5.41, 5.74) is 7.98. The van der Waals surface area contributed by atoms with Gasteiger partial charge in [0.1, 0.15) is 4.99 Å². The van der Waals surface area contributed by atoms with Crippen molar-refractivity contribution >= 4 is 17.2 Å². The second-order valence-corrected chi connectivity index (χ2v) is 5.07. The quantitative estimate of drug-likeness (QED) is 0.843. The average Bonchev–Trinajstić information content (AvgIpc) is 2.40. The first-order valence-electron chi connectivity index (χ1n) is 6.42. The molecule has 1 aliphatic heterocycles. The molecule has 0 radical (unpaired) electrons. The first-order valence-corrected chi connectivity index (χ1v) is 6.82. The minimum absolute atomic E-state index is 0.479. The SMILES string of the molecule is CCC1COCCN1Cc1ccccc1C(N)=S. The summed E-state index contributed by atoms with van der Waals surface area (Å²) >= 11 is 5.11. The Morgan fingerprint density at radius 2 is 2.28 bits per heavy atom. The second kappa shape index (κ2) is 6.27. The molecule has 1 atom stereocenters. The van der Waals surface area contributed by atoms with E-state index in [0.717, 1.165) is 38.3 Å². The van der Waals surface area contributed by atoms with Gasteiger partial charge in [0.15, 0.2) is 0 Å². The monoisotopic (exact) mass is 264 g/mol. The van der Waals surface area contributed by atoms with Crippen molar-refractivity contribution in [3.8, 4) is 0 Å². The van der Waals surface area contributed by atoms with Crippen LogP contribution >= 0.6 is 12.2 Å². The molecule has 0 aromatic heterocycles. The summed E-state index contributed by atoms with van der Waals surface area (Å²) < 4.78 is 5.53. The van der Waals surface area contributed by atoms with E-state index in [1.807, 2.05) is 18.2 Å². The molecule has 0 spiro atoms. The summed E-state index contributed by atoms with van der Waals surface area (Å²) in [5.74, 6) is 0. The van der Waals surface area contributed by atoms with Crippen molar-refractivity contribution in [3.63, 3.8) is 0 Å². The number of hydrogen-bond donors (Lipinski definition) is 1. The van der Waals surface area contributed by atoms with E-state index in [0.29, 0.717) is 11.0 Å². The summed E-state index contributed by atoms with van der Waals surface area (Å²) in [5, 5.41) is 0. The highest BCUT2D eigenvalue weighted by Gasteiger charge is 2.22. The van der Waals surface area contributed by atoms with Crippen LogP contribution in [0.4, 0.5) is 0 Å². The number of hydrogen-bond acceptors (Lipinski definition) is 3. The Morgan fingerprint density at radius 3 is 3.00 bits per heavy atom. The highest BCUT2D eigenvalue weighted by atomic mass is 32.1. The van der Waals surface area contributed by atoms with Gasteiger partial charge in [-0.3, -0.25) is 4.90 Å². The van der Waals surface area contributed by atoms with Crippen LogP contribution in [0, 0.1) is 0 Å². The van der Waals surface area contributed by atoms with Gasteiger partial charge in [-0.1, -0.05) is 43.4 Å². The molecule has 1 aromatic carbocycles. The molecule has 2 rings (SSSR count). The van der Waals surface area contributed by atoms with Gasteiger partial charge in [-0.25, -0.2) is 0 Å². The lowest BCUT2D eigenvalue weighted by molar-refractivity contribution is -0.0127. The van der Waals surface area contributed by atoms with Gasteiger partial charge in [-0.15, -0.1) is 0 Å². The molecule has 1 unspecified atom stereocenters. The molecule has 0 amide bonds. The zero-order valence-corrected chi connectivity index (χ0v) is 11.6. The maximum atomic E-state index is 5.78. The Hall–Kier alpha value is -0.970. The molecule has 3 nitrogen and oxygen atoms in total. The predicted octanol–water partition coefficient (Wildman–Crippen LogP) is 1.93.